The molecule has 0 atom stereocenters. The monoisotopic (exact) mass is 118 g/mol. The second kappa shape index (κ2) is 7.01. The Kier molecular flexibility index (Phi) is 10.9. The van der Waals surface area contributed by atoms with Gasteiger partial charge in [-0.1, -0.05) is 24.3 Å². The molecule has 0 radical (unpaired) electrons. The molecule has 2 heteroatoms. The summed E-state index contributed by atoms with van der Waals surface area (Å²) in [6.45, 7) is 0. The average Bonchev–Trinajstić information content (AvgIpc) is 1.76. The van der Waals surface area contributed by atoms with E-state index in [-0.39, 0.29) is 51.8 Å². The molecule has 0 spiro atoms. The van der Waals surface area contributed by atoms with E-state index in [4.69, 9.17) is 0 Å². The Hall–Kier alpha value is 1.01. The summed E-state index contributed by atoms with van der Waals surface area (Å²) in [4.78, 5) is 0. The van der Waals surface area contributed by atoms with Crippen LogP contribution < -0.4 is 0 Å². The maximum absolute atomic E-state index is 2.12. The van der Waals surface area contributed by atoms with Crippen molar-refractivity contribution in [3.05, 3.63) is 24.3 Å². The Bertz CT molecular complexity index is 74.6. The zero-order chi connectivity index (χ0) is 3.54. The summed E-state index contributed by atoms with van der Waals surface area (Å²) in [5, 5.41) is 0. The second-order valence-electron chi connectivity index (χ2n) is 1.09. The van der Waals surface area contributed by atoms with E-state index in [9.17, 15) is 0 Å². The molecule has 1 aliphatic rings. The molecule has 0 aromatic heterocycles. The minimum atomic E-state index is 0. The van der Waals surface area contributed by atoms with Gasteiger partial charge in [-0.25, -0.2) is 0 Å². The fraction of sp³-hybridized carbons (Fsp3) is 0.200. The summed E-state index contributed by atoms with van der Waals surface area (Å²) >= 11 is 0. The van der Waals surface area contributed by atoms with Gasteiger partial charge in [-0.3, -0.25) is 0 Å². The molecular weight excluding hydrogens is 109 g/mol. The first-order valence-corrected chi connectivity index (χ1v) is 1.82. The Morgan fingerprint density at radius 3 is 1.57 bits per heavy atom. The molecule has 1 rings (SSSR count). The van der Waals surface area contributed by atoms with E-state index in [1.54, 1.807) is 0 Å². The van der Waals surface area contributed by atoms with Crippen molar-refractivity contribution < 1.29 is 5.71 Å². The van der Waals surface area contributed by atoms with Gasteiger partial charge >= 0.3 is 46.1 Å². The van der Waals surface area contributed by atoms with E-state index in [0.29, 0.717) is 0 Å². The largest absolute Gasteiger partial charge is 2.00 e. The van der Waals surface area contributed by atoms with Crippen LogP contribution in [0.2, 0.25) is 0 Å². The van der Waals surface area contributed by atoms with Crippen molar-refractivity contribution in [2.45, 2.75) is 6.42 Å². The van der Waals surface area contributed by atoms with Crippen LogP contribution in [0.1, 0.15) is 12.1 Å². The van der Waals surface area contributed by atoms with Crippen molar-refractivity contribution in [2.75, 3.05) is 0 Å². The van der Waals surface area contributed by atoms with Crippen LogP contribution in [0.5, 0.6) is 0 Å². The van der Waals surface area contributed by atoms with E-state index in [1.165, 1.54) is 0 Å². The van der Waals surface area contributed by atoms with Crippen LogP contribution in [-0.2, 0) is 0 Å². The van der Waals surface area contributed by atoms with E-state index in [1.807, 2.05) is 0 Å². The van der Waals surface area contributed by atoms with Crippen LogP contribution in [-0.4, -0.2) is 46.1 Å². The maximum Gasteiger partial charge on any atom is 2.00 e. The standard InChI is InChI=1S/C5H6.2Mg.4H/c1-2-4-5-3-1;;;;;;/h1-4H,5H2;;;;;;/q;2*+2;4*-1. The summed E-state index contributed by atoms with van der Waals surface area (Å²) in [5.41, 5.74) is 0. The average molecular weight is 119 g/mol. The molecule has 0 bridgehead atoms. The van der Waals surface area contributed by atoms with Crippen LogP contribution >= 0.6 is 0 Å². The van der Waals surface area contributed by atoms with E-state index < -0.39 is 0 Å². The molecule has 0 heterocycles. The van der Waals surface area contributed by atoms with Crippen molar-refractivity contribution in [1.82, 2.24) is 0 Å². The molecular formula is C5H10Mg2. The molecule has 0 aromatic carbocycles. The van der Waals surface area contributed by atoms with Gasteiger partial charge in [0.2, 0.25) is 0 Å². The number of hydrogen-bond acceptors (Lipinski definition) is 0. The molecule has 0 amide bonds. The molecule has 0 unspecified atom stereocenters. The van der Waals surface area contributed by atoms with Crippen molar-refractivity contribution in [2.24, 2.45) is 0 Å². The summed E-state index contributed by atoms with van der Waals surface area (Å²) in [5.74, 6) is 0. The molecule has 0 saturated carbocycles. The normalized spacial score (nSPS) is 12.6. The third-order valence-electron chi connectivity index (χ3n) is 0.655. The number of rotatable bonds is 0. The van der Waals surface area contributed by atoms with Crippen molar-refractivity contribution in [3.8, 4) is 0 Å². The fourth-order valence-corrected chi connectivity index (χ4v) is 0.393. The smallest absolute Gasteiger partial charge is 1.00 e. The predicted molar refractivity (Wildman–Crippen MR) is 38.9 cm³/mol. The quantitative estimate of drug-likeness (QED) is 0.420. The van der Waals surface area contributed by atoms with Gasteiger partial charge in [-0.2, -0.15) is 0 Å². The SMILES string of the molecule is C1=CCC=C1.[H-].[H-].[H-].[H-].[Mg+2].[Mg+2]. The fourth-order valence-electron chi connectivity index (χ4n) is 0.393. The van der Waals surface area contributed by atoms with Crippen molar-refractivity contribution >= 4 is 46.1 Å². The molecule has 1 aliphatic carbocycles. The Morgan fingerprint density at radius 2 is 1.43 bits per heavy atom. The second-order valence-corrected chi connectivity index (χ2v) is 1.09. The van der Waals surface area contributed by atoms with Gasteiger partial charge in [0, 0.05) is 0 Å². The first-order chi connectivity index (χ1) is 2.50. The maximum atomic E-state index is 2.12. The molecule has 0 aliphatic heterocycles. The van der Waals surface area contributed by atoms with Crippen LogP contribution in [0.25, 0.3) is 0 Å². The van der Waals surface area contributed by atoms with Gasteiger partial charge in [0.1, 0.15) is 0 Å². The molecule has 34 valence electrons. The molecule has 0 nitrogen and oxygen atoms in total. The van der Waals surface area contributed by atoms with Gasteiger partial charge in [0.15, 0.2) is 0 Å². The van der Waals surface area contributed by atoms with E-state index in [2.05, 4.69) is 24.3 Å². The van der Waals surface area contributed by atoms with Crippen molar-refractivity contribution in [1.29, 1.82) is 0 Å². The van der Waals surface area contributed by atoms with E-state index >= 15 is 0 Å². The molecule has 0 fully saturated rings. The van der Waals surface area contributed by atoms with Crippen molar-refractivity contribution in [3.63, 3.8) is 0 Å². The minimum Gasteiger partial charge on any atom is -1.00 e. The molecule has 0 aromatic rings. The van der Waals surface area contributed by atoms with E-state index in [0.717, 1.165) is 6.42 Å². The Morgan fingerprint density at radius 1 is 1.00 bits per heavy atom. The summed E-state index contributed by atoms with van der Waals surface area (Å²) in [6.07, 6.45) is 9.50. The summed E-state index contributed by atoms with van der Waals surface area (Å²) < 4.78 is 0. The van der Waals surface area contributed by atoms with Gasteiger partial charge in [-0.05, 0) is 6.42 Å². The number of hydrogen-bond donors (Lipinski definition) is 0. The molecule has 0 saturated heterocycles. The predicted octanol–water partition coefficient (Wildman–Crippen LogP) is 1.19. The number of allylic oxidation sites excluding steroid dienone is 4. The van der Waals surface area contributed by atoms with Gasteiger partial charge in [-0.15, -0.1) is 0 Å². The summed E-state index contributed by atoms with van der Waals surface area (Å²) in [7, 11) is 0. The Labute approximate surface area is 82.3 Å². The van der Waals surface area contributed by atoms with Crippen LogP contribution in [0.4, 0.5) is 0 Å². The van der Waals surface area contributed by atoms with Gasteiger partial charge in [0.05, 0.1) is 0 Å². The zero-order valence-electron chi connectivity index (χ0n) is 8.43. The van der Waals surface area contributed by atoms with Crippen LogP contribution in [0, 0.1) is 0 Å². The minimum absolute atomic E-state index is 0. The molecule has 0 N–H and O–H groups in total. The molecule has 7 heavy (non-hydrogen) atoms. The summed E-state index contributed by atoms with van der Waals surface area (Å²) in [6, 6.07) is 0. The van der Waals surface area contributed by atoms with Crippen LogP contribution in [0.15, 0.2) is 24.3 Å². The van der Waals surface area contributed by atoms with Gasteiger partial charge in [0.25, 0.3) is 0 Å². The Balaban J connectivity index is -0.0000000104. The topological polar surface area (TPSA) is 0 Å². The third-order valence-corrected chi connectivity index (χ3v) is 0.655. The first-order valence-electron chi connectivity index (χ1n) is 1.82. The zero-order valence-corrected chi connectivity index (χ0v) is 7.26. The third kappa shape index (κ3) is 4.87. The first kappa shape index (κ1) is 10.9. The van der Waals surface area contributed by atoms with Crippen LogP contribution in [0.3, 0.4) is 0 Å². The van der Waals surface area contributed by atoms with Gasteiger partial charge < -0.3 is 5.71 Å².